The van der Waals surface area contributed by atoms with E-state index < -0.39 is 26.5 Å². The molecular formula is C18H21FN4O4S. The minimum absolute atomic E-state index is 0.0186. The number of halogens is 1. The predicted molar refractivity (Wildman–Crippen MR) is 104 cm³/mol. The van der Waals surface area contributed by atoms with Gasteiger partial charge in [0.25, 0.3) is 5.69 Å². The lowest BCUT2D eigenvalue weighted by Crippen LogP contribution is -2.47. The number of nitro benzene ring substituents is 1. The zero-order valence-corrected chi connectivity index (χ0v) is 16.4. The maximum Gasteiger partial charge on any atom is 0.294 e. The van der Waals surface area contributed by atoms with Gasteiger partial charge < -0.3 is 10.2 Å². The number of nitro groups is 1. The summed E-state index contributed by atoms with van der Waals surface area (Å²) in [5.74, 6) is -0.552. The van der Waals surface area contributed by atoms with Crippen molar-refractivity contribution < 1.29 is 17.7 Å². The monoisotopic (exact) mass is 408 g/mol. The van der Waals surface area contributed by atoms with Crippen molar-refractivity contribution >= 4 is 27.1 Å². The molecule has 2 aromatic carbocycles. The first-order chi connectivity index (χ1) is 13.2. The molecule has 0 bridgehead atoms. The Kier molecular flexibility index (Phi) is 5.64. The second-order valence-electron chi connectivity index (χ2n) is 6.75. The fourth-order valence-corrected chi connectivity index (χ4v) is 4.42. The van der Waals surface area contributed by atoms with Gasteiger partial charge in [-0.1, -0.05) is 6.07 Å². The van der Waals surface area contributed by atoms with E-state index in [2.05, 4.69) is 5.32 Å². The van der Waals surface area contributed by atoms with Crippen LogP contribution >= 0.6 is 0 Å². The van der Waals surface area contributed by atoms with Crippen molar-refractivity contribution in [3.05, 3.63) is 57.9 Å². The number of piperazine rings is 1. The molecule has 150 valence electrons. The highest BCUT2D eigenvalue weighted by atomic mass is 32.2. The summed E-state index contributed by atoms with van der Waals surface area (Å²) < 4.78 is 41.1. The Hall–Kier alpha value is -2.56. The highest BCUT2D eigenvalue weighted by molar-refractivity contribution is 7.89. The van der Waals surface area contributed by atoms with E-state index in [9.17, 15) is 22.9 Å². The number of hydrogen-bond acceptors (Lipinski definition) is 6. The van der Waals surface area contributed by atoms with E-state index in [0.717, 1.165) is 6.07 Å². The Bertz CT molecular complexity index is 1000. The van der Waals surface area contributed by atoms with Gasteiger partial charge in [-0.2, -0.15) is 4.31 Å². The van der Waals surface area contributed by atoms with Gasteiger partial charge in [-0.25, -0.2) is 12.8 Å². The van der Waals surface area contributed by atoms with Crippen LogP contribution in [0.1, 0.15) is 5.56 Å². The molecule has 3 rings (SSSR count). The molecule has 0 atom stereocenters. The molecule has 0 saturated carbocycles. The van der Waals surface area contributed by atoms with Crippen molar-refractivity contribution in [1.29, 1.82) is 0 Å². The molecular weight excluding hydrogens is 387 g/mol. The van der Waals surface area contributed by atoms with Crippen LogP contribution in [0.4, 0.5) is 21.5 Å². The van der Waals surface area contributed by atoms with E-state index in [1.54, 1.807) is 13.0 Å². The molecule has 1 aliphatic rings. The fourth-order valence-electron chi connectivity index (χ4n) is 2.97. The number of benzene rings is 2. The molecule has 0 spiro atoms. The van der Waals surface area contributed by atoms with Crippen molar-refractivity contribution in [3.63, 3.8) is 0 Å². The van der Waals surface area contributed by atoms with Crippen LogP contribution in [0, 0.1) is 22.9 Å². The van der Waals surface area contributed by atoms with Crippen LogP contribution in [-0.4, -0.2) is 55.8 Å². The average Bonchev–Trinajstić information content (AvgIpc) is 2.64. The second-order valence-corrected chi connectivity index (χ2v) is 8.69. The van der Waals surface area contributed by atoms with Crippen LogP contribution in [0.3, 0.4) is 0 Å². The lowest BCUT2D eigenvalue weighted by atomic mass is 10.2. The van der Waals surface area contributed by atoms with Gasteiger partial charge in [-0.3, -0.25) is 10.1 Å². The van der Waals surface area contributed by atoms with E-state index in [0.29, 0.717) is 31.7 Å². The van der Waals surface area contributed by atoms with E-state index in [1.165, 1.54) is 28.6 Å². The number of sulfonamides is 1. The van der Waals surface area contributed by atoms with Crippen LogP contribution in [0.2, 0.25) is 0 Å². The molecule has 28 heavy (non-hydrogen) atoms. The number of hydrogen-bond donors (Lipinski definition) is 1. The summed E-state index contributed by atoms with van der Waals surface area (Å²) in [4.78, 5) is 12.7. The summed E-state index contributed by atoms with van der Waals surface area (Å²) in [6.45, 7) is 3.55. The van der Waals surface area contributed by atoms with E-state index in [-0.39, 0.29) is 16.3 Å². The van der Waals surface area contributed by atoms with E-state index >= 15 is 0 Å². The zero-order valence-electron chi connectivity index (χ0n) is 15.6. The topological polar surface area (TPSA) is 95.8 Å². The van der Waals surface area contributed by atoms with Gasteiger partial charge in [-0.05, 0) is 43.8 Å². The molecule has 0 radical (unpaired) electrons. The Labute approximate surface area is 162 Å². The predicted octanol–water partition coefficient (Wildman–Crippen LogP) is 2.72. The van der Waals surface area contributed by atoms with Crippen molar-refractivity contribution in [2.45, 2.75) is 11.8 Å². The largest absolute Gasteiger partial charge is 0.348 e. The van der Waals surface area contributed by atoms with Gasteiger partial charge in [0.05, 0.1) is 15.5 Å². The second kappa shape index (κ2) is 7.82. The lowest BCUT2D eigenvalue weighted by molar-refractivity contribution is -0.384. The Morgan fingerprint density at radius 1 is 1.07 bits per heavy atom. The molecule has 8 nitrogen and oxygen atoms in total. The molecule has 10 heteroatoms. The number of rotatable bonds is 5. The normalized spacial score (nSPS) is 16.1. The molecule has 0 aromatic heterocycles. The molecule has 1 aliphatic heterocycles. The van der Waals surface area contributed by atoms with Crippen molar-refractivity contribution in [1.82, 2.24) is 9.21 Å². The van der Waals surface area contributed by atoms with E-state index in [1.807, 2.05) is 11.9 Å². The molecule has 1 saturated heterocycles. The van der Waals surface area contributed by atoms with Crippen LogP contribution in [0.15, 0.2) is 41.3 Å². The van der Waals surface area contributed by atoms with Crippen molar-refractivity contribution in [2.75, 3.05) is 38.5 Å². The standard InChI is InChI=1S/C18H21FN4O4S/c1-13-3-5-16(15(19)11-13)20-17-6-4-14(12-18(17)23(24)25)28(26,27)22-9-7-21(2)8-10-22/h3-6,11-12,20H,7-10H2,1-2H3. The molecule has 0 aliphatic carbocycles. The SMILES string of the molecule is Cc1ccc(Nc2ccc(S(=O)(=O)N3CCN(C)CC3)cc2[N+](=O)[O-])c(F)c1. The van der Waals surface area contributed by atoms with Gasteiger partial charge in [0, 0.05) is 32.2 Å². The molecule has 1 fully saturated rings. The first kappa shape index (κ1) is 20.2. The Balaban J connectivity index is 1.94. The van der Waals surface area contributed by atoms with Crippen LogP contribution in [0.25, 0.3) is 0 Å². The molecule has 0 unspecified atom stereocenters. The third-order valence-corrected chi connectivity index (χ3v) is 6.55. The van der Waals surface area contributed by atoms with Gasteiger partial charge in [0.1, 0.15) is 11.5 Å². The number of aryl methyl sites for hydroxylation is 1. The average molecular weight is 408 g/mol. The van der Waals surface area contributed by atoms with Gasteiger partial charge in [-0.15, -0.1) is 0 Å². The third kappa shape index (κ3) is 4.13. The molecule has 1 heterocycles. The van der Waals surface area contributed by atoms with Crippen LogP contribution in [0.5, 0.6) is 0 Å². The first-order valence-electron chi connectivity index (χ1n) is 8.69. The smallest absolute Gasteiger partial charge is 0.294 e. The fraction of sp³-hybridized carbons (Fsp3) is 0.333. The van der Waals surface area contributed by atoms with Crippen LogP contribution in [-0.2, 0) is 10.0 Å². The maximum absolute atomic E-state index is 14.1. The molecule has 2 aromatic rings. The maximum atomic E-state index is 14.1. The lowest BCUT2D eigenvalue weighted by Gasteiger charge is -2.31. The van der Waals surface area contributed by atoms with Crippen molar-refractivity contribution in [3.8, 4) is 0 Å². The Morgan fingerprint density at radius 2 is 1.71 bits per heavy atom. The summed E-state index contributed by atoms with van der Waals surface area (Å²) >= 11 is 0. The summed E-state index contributed by atoms with van der Waals surface area (Å²) in [5, 5.41) is 14.2. The minimum atomic E-state index is -3.84. The van der Waals surface area contributed by atoms with Crippen LogP contribution < -0.4 is 5.32 Å². The number of likely N-dealkylation sites (N-methyl/N-ethyl adjacent to an activating group) is 1. The molecule has 1 N–H and O–H groups in total. The van der Waals surface area contributed by atoms with E-state index in [4.69, 9.17) is 0 Å². The zero-order chi connectivity index (χ0) is 20.5. The van der Waals surface area contributed by atoms with Gasteiger partial charge in [0.2, 0.25) is 10.0 Å². The first-order valence-corrected chi connectivity index (χ1v) is 10.1. The summed E-state index contributed by atoms with van der Waals surface area (Å²) in [6.07, 6.45) is 0. The molecule has 0 amide bonds. The number of anilines is 2. The van der Waals surface area contributed by atoms with Crippen molar-refractivity contribution in [2.24, 2.45) is 0 Å². The minimum Gasteiger partial charge on any atom is -0.348 e. The number of nitrogens with one attached hydrogen (secondary N) is 1. The van der Waals surface area contributed by atoms with Gasteiger partial charge in [0.15, 0.2) is 0 Å². The summed E-state index contributed by atoms with van der Waals surface area (Å²) in [6, 6.07) is 8.06. The summed E-state index contributed by atoms with van der Waals surface area (Å²) in [7, 11) is -1.94. The summed E-state index contributed by atoms with van der Waals surface area (Å²) in [5.41, 5.74) is 0.370. The van der Waals surface area contributed by atoms with Gasteiger partial charge >= 0.3 is 0 Å². The highest BCUT2D eigenvalue weighted by Gasteiger charge is 2.29. The Morgan fingerprint density at radius 3 is 2.32 bits per heavy atom. The highest BCUT2D eigenvalue weighted by Crippen LogP contribution is 2.32. The number of nitrogens with zero attached hydrogens (tertiary/aromatic N) is 3. The quantitative estimate of drug-likeness (QED) is 0.604. The third-order valence-electron chi connectivity index (χ3n) is 4.66.